The van der Waals surface area contributed by atoms with Crippen molar-refractivity contribution in [1.82, 2.24) is 9.55 Å². The molecule has 30 heavy (non-hydrogen) atoms. The maximum Gasteiger partial charge on any atom is 0.263 e. The highest BCUT2D eigenvalue weighted by Gasteiger charge is 2.25. The van der Waals surface area contributed by atoms with Crippen LogP contribution in [0.3, 0.4) is 0 Å². The summed E-state index contributed by atoms with van der Waals surface area (Å²) in [6.45, 7) is 0.603. The third-order valence-corrected chi connectivity index (χ3v) is 6.34. The lowest BCUT2D eigenvalue weighted by Crippen LogP contribution is -2.35. The van der Waals surface area contributed by atoms with Gasteiger partial charge in [-0.2, -0.15) is 0 Å². The van der Waals surface area contributed by atoms with Gasteiger partial charge in [-0.15, -0.1) is 11.3 Å². The molecule has 1 amide bonds. The maximum absolute atomic E-state index is 13.2. The minimum Gasteiger partial charge on any atom is -0.497 e. The molecule has 0 atom stereocenters. The zero-order valence-electron chi connectivity index (χ0n) is 16.4. The molecule has 4 aromatic rings. The van der Waals surface area contributed by atoms with E-state index in [0.717, 1.165) is 34.5 Å². The van der Waals surface area contributed by atoms with Crippen molar-refractivity contribution >= 4 is 33.1 Å². The van der Waals surface area contributed by atoms with Gasteiger partial charge < -0.3 is 9.64 Å². The van der Waals surface area contributed by atoms with Gasteiger partial charge in [0.1, 0.15) is 17.1 Å². The molecule has 2 aromatic carbocycles. The van der Waals surface area contributed by atoms with E-state index in [2.05, 4.69) is 4.98 Å². The maximum atomic E-state index is 13.2. The molecular formula is C23H19N3O3S. The SMILES string of the molecule is COc1ccc(-c2csc3ncn(CC(=O)N4CCc5ccccc54)c(=O)c23)cc1. The van der Waals surface area contributed by atoms with Crippen LogP contribution in [-0.4, -0.2) is 29.1 Å². The second kappa shape index (κ2) is 7.42. The standard InChI is InChI=1S/C23H19N3O3S/c1-29-17-8-6-15(7-9-17)18-13-30-22-21(18)23(28)25(14-24-22)12-20(27)26-11-10-16-4-2-3-5-19(16)26/h2-9,13-14H,10-12H2,1H3. The molecule has 1 aliphatic rings. The molecule has 0 unspecified atom stereocenters. The fraction of sp³-hybridized carbons (Fsp3) is 0.174. The van der Waals surface area contributed by atoms with E-state index in [-0.39, 0.29) is 18.0 Å². The minimum absolute atomic E-state index is 0.0337. The first-order chi connectivity index (χ1) is 14.7. The van der Waals surface area contributed by atoms with Gasteiger partial charge in [0, 0.05) is 23.2 Å². The molecule has 2 aromatic heterocycles. The molecule has 0 fully saturated rings. The van der Waals surface area contributed by atoms with Crippen molar-refractivity contribution in [2.75, 3.05) is 18.6 Å². The van der Waals surface area contributed by atoms with E-state index in [1.54, 1.807) is 12.0 Å². The molecule has 0 saturated heterocycles. The molecule has 0 N–H and O–H groups in total. The molecule has 0 radical (unpaired) electrons. The van der Waals surface area contributed by atoms with Crippen LogP contribution in [-0.2, 0) is 17.8 Å². The number of aromatic nitrogens is 2. The Morgan fingerprint density at radius 1 is 1.17 bits per heavy atom. The zero-order valence-corrected chi connectivity index (χ0v) is 17.2. The fourth-order valence-corrected chi connectivity index (χ4v) is 4.80. The molecule has 150 valence electrons. The van der Waals surface area contributed by atoms with Crippen LogP contribution >= 0.6 is 11.3 Å². The number of carbonyl (C=O) groups excluding carboxylic acids is 1. The molecule has 0 aliphatic carbocycles. The first-order valence-electron chi connectivity index (χ1n) is 9.65. The third-order valence-electron chi connectivity index (χ3n) is 5.46. The Bertz CT molecular complexity index is 1310. The Labute approximate surface area is 177 Å². The van der Waals surface area contributed by atoms with Gasteiger partial charge in [0.25, 0.3) is 5.56 Å². The molecule has 3 heterocycles. The lowest BCUT2D eigenvalue weighted by Gasteiger charge is -2.17. The quantitative estimate of drug-likeness (QED) is 0.508. The molecule has 0 spiro atoms. The van der Waals surface area contributed by atoms with Crippen LogP contribution in [0.25, 0.3) is 21.3 Å². The van der Waals surface area contributed by atoms with Crippen LogP contribution in [0.5, 0.6) is 5.75 Å². The molecule has 6 nitrogen and oxygen atoms in total. The third kappa shape index (κ3) is 3.07. The van der Waals surface area contributed by atoms with Gasteiger partial charge >= 0.3 is 0 Å². The molecule has 7 heteroatoms. The summed E-state index contributed by atoms with van der Waals surface area (Å²) in [4.78, 5) is 33.0. The zero-order chi connectivity index (χ0) is 20.7. The van der Waals surface area contributed by atoms with E-state index < -0.39 is 0 Å². The Morgan fingerprint density at radius 2 is 1.97 bits per heavy atom. The Kier molecular flexibility index (Phi) is 4.59. The van der Waals surface area contributed by atoms with Gasteiger partial charge in [-0.3, -0.25) is 14.2 Å². The number of thiophene rings is 1. The van der Waals surface area contributed by atoms with E-state index in [1.165, 1.54) is 22.2 Å². The van der Waals surface area contributed by atoms with Crippen LogP contribution in [0, 0.1) is 0 Å². The summed E-state index contributed by atoms with van der Waals surface area (Å²) in [7, 11) is 1.62. The summed E-state index contributed by atoms with van der Waals surface area (Å²) in [5.74, 6) is 0.648. The number of anilines is 1. The minimum atomic E-state index is -0.201. The number of ether oxygens (including phenoxy) is 1. The van der Waals surface area contributed by atoms with Crippen LogP contribution in [0.2, 0.25) is 0 Å². The molecule has 1 aliphatic heterocycles. The predicted octanol–water partition coefficient (Wildman–Crippen LogP) is 3.72. The lowest BCUT2D eigenvalue weighted by atomic mass is 10.1. The van der Waals surface area contributed by atoms with E-state index in [1.807, 2.05) is 53.9 Å². The number of para-hydroxylation sites is 1. The summed E-state index contributed by atoms with van der Waals surface area (Å²) in [6.07, 6.45) is 2.30. The van der Waals surface area contributed by atoms with Gasteiger partial charge in [0.2, 0.25) is 5.91 Å². The summed E-state index contributed by atoms with van der Waals surface area (Å²) in [5, 5.41) is 2.48. The first-order valence-corrected chi connectivity index (χ1v) is 10.5. The number of hydrogen-bond acceptors (Lipinski definition) is 5. The van der Waals surface area contributed by atoms with Crippen LogP contribution in [0.1, 0.15) is 5.56 Å². The average molecular weight is 417 g/mol. The van der Waals surface area contributed by atoms with Crippen molar-refractivity contribution in [3.63, 3.8) is 0 Å². The molecular weight excluding hydrogens is 398 g/mol. The number of methoxy groups -OCH3 is 1. The highest BCUT2D eigenvalue weighted by atomic mass is 32.1. The molecule has 0 saturated carbocycles. The van der Waals surface area contributed by atoms with Crippen molar-refractivity contribution in [3.8, 4) is 16.9 Å². The summed E-state index contributed by atoms with van der Waals surface area (Å²) in [6, 6.07) is 15.5. The number of fused-ring (bicyclic) bond motifs is 2. The van der Waals surface area contributed by atoms with Crippen LogP contribution in [0.4, 0.5) is 5.69 Å². The topological polar surface area (TPSA) is 64.4 Å². The second-order valence-corrected chi connectivity index (χ2v) is 8.02. The van der Waals surface area contributed by atoms with Crippen LogP contribution < -0.4 is 15.2 Å². The fourth-order valence-electron chi connectivity index (χ4n) is 3.89. The summed E-state index contributed by atoms with van der Waals surface area (Å²) in [5.41, 5.74) is 3.63. The molecule has 5 rings (SSSR count). The van der Waals surface area contributed by atoms with Crippen molar-refractivity contribution in [1.29, 1.82) is 0 Å². The number of hydrogen-bond donors (Lipinski definition) is 0. The van der Waals surface area contributed by atoms with E-state index in [9.17, 15) is 9.59 Å². The van der Waals surface area contributed by atoms with E-state index in [4.69, 9.17) is 4.74 Å². The number of rotatable bonds is 4. The average Bonchev–Trinajstić information content (AvgIpc) is 3.40. The first kappa shape index (κ1) is 18.6. The van der Waals surface area contributed by atoms with Crippen molar-refractivity contribution < 1.29 is 9.53 Å². The number of nitrogens with zero attached hydrogens (tertiary/aromatic N) is 3. The summed E-state index contributed by atoms with van der Waals surface area (Å²) >= 11 is 1.43. The Balaban J connectivity index is 1.49. The second-order valence-electron chi connectivity index (χ2n) is 7.16. The van der Waals surface area contributed by atoms with Gasteiger partial charge in [-0.05, 0) is 35.7 Å². The largest absolute Gasteiger partial charge is 0.497 e. The van der Waals surface area contributed by atoms with Gasteiger partial charge in [0.15, 0.2) is 0 Å². The highest BCUT2D eigenvalue weighted by Crippen LogP contribution is 2.32. The number of carbonyl (C=O) groups is 1. The van der Waals surface area contributed by atoms with Crippen molar-refractivity contribution in [2.45, 2.75) is 13.0 Å². The van der Waals surface area contributed by atoms with Gasteiger partial charge in [-0.25, -0.2) is 4.98 Å². The molecule has 0 bridgehead atoms. The van der Waals surface area contributed by atoms with Crippen molar-refractivity contribution in [3.05, 3.63) is 76.2 Å². The highest BCUT2D eigenvalue weighted by molar-refractivity contribution is 7.17. The number of amides is 1. The predicted molar refractivity (Wildman–Crippen MR) is 118 cm³/mol. The smallest absolute Gasteiger partial charge is 0.263 e. The van der Waals surface area contributed by atoms with E-state index >= 15 is 0 Å². The van der Waals surface area contributed by atoms with Gasteiger partial charge in [-0.1, -0.05) is 30.3 Å². The number of benzene rings is 2. The van der Waals surface area contributed by atoms with Crippen molar-refractivity contribution in [2.24, 2.45) is 0 Å². The van der Waals surface area contributed by atoms with Crippen LogP contribution in [0.15, 0.2) is 65.0 Å². The van der Waals surface area contributed by atoms with Gasteiger partial charge in [0.05, 0.1) is 18.8 Å². The normalized spacial score (nSPS) is 12.9. The lowest BCUT2D eigenvalue weighted by molar-refractivity contribution is -0.119. The Morgan fingerprint density at radius 3 is 2.77 bits per heavy atom. The monoisotopic (exact) mass is 417 g/mol. The summed E-state index contributed by atoms with van der Waals surface area (Å²) < 4.78 is 6.62. The Hall–Kier alpha value is -3.45. The van der Waals surface area contributed by atoms with E-state index in [0.29, 0.717) is 16.8 Å².